The maximum atomic E-state index is 12.3. The summed E-state index contributed by atoms with van der Waals surface area (Å²) in [5.41, 5.74) is -1.29. The Balaban J connectivity index is 1.74. The lowest BCUT2D eigenvalue weighted by Gasteiger charge is -2.31. The third-order valence-electron chi connectivity index (χ3n) is 5.06. The van der Waals surface area contributed by atoms with Gasteiger partial charge in [-0.3, -0.25) is 0 Å². The predicted molar refractivity (Wildman–Crippen MR) is 66.5 cm³/mol. The molecule has 1 heterocycles. The van der Waals surface area contributed by atoms with E-state index in [4.69, 9.17) is 5.11 Å². The van der Waals surface area contributed by atoms with E-state index < -0.39 is 17.6 Å². The minimum absolute atomic E-state index is 0.117. The summed E-state index contributed by atoms with van der Waals surface area (Å²) >= 11 is 0. The maximum absolute atomic E-state index is 12.3. The quantitative estimate of drug-likeness (QED) is 0.670. The minimum Gasteiger partial charge on any atom is -0.480 e. The van der Waals surface area contributed by atoms with Crippen molar-refractivity contribution in [2.24, 2.45) is 17.8 Å². The summed E-state index contributed by atoms with van der Waals surface area (Å²) in [6.07, 6.45) is 1.55. The molecule has 2 amide bonds. The van der Waals surface area contributed by atoms with E-state index in [0.29, 0.717) is 24.3 Å². The smallest absolute Gasteiger partial charge is 0.328 e. The number of nitrogens with one attached hydrogen (secondary N) is 1. The van der Waals surface area contributed by atoms with Crippen LogP contribution in [0, 0.1) is 17.8 Å². The topological polar surface area (TPSA) is 89.9 Å². The van der Waals surface area contributed by atoms with Crippen LogP contribution in [0.1, 0.15) is 26.7 Å². The molecular weight excluding hydrogens is 248 g/mol. The van der Waals surface area contributed by atoms with Gasteiger partial charge in [0.2, 0.25) is 0 Å². The molecule has 5 atom stereocenters. The zero-order valence-corrected chi connectivity index (χ0v) is 11.2. The minimum atomic E-state index is -1.29. The number of aliphatic carboxylic acids is 1. The number of fused-ring (bicyclic) bond motifs is 1. The van der Waals surface area contributed by atoms with Gasteiger partial charge in [0, 0.05) is 6.54 Å². The molecule has 0 aromatic rings. The molecule has 2 bridgehead atoms. The maximum Gasteiger partial charge on any atom is 0.328 e. The highest BCUT2D eigenvalue weighted by Gasteiger charge is 2.60. The zero-order chi connectivity index (χ0) is 13.9. The summed E-state index contributed by atoms with van der Waals surface area (Å²) in [5.74, 6) is 0.147. The Morgan fingerprint density at radius 1 is 1.26 bits per heavy atom. The number of rotatable bonds is 2. The van der Waals surface area contributed by atoms with Crippen LogP contribution in [0.3, 0.4) is 0 Å². The van der Waals surface area contributed by atoms with E-state index in [1.54, 1.807) is 4.90 Å². The van der Waals surface area contributed by atoms with Gasteiger partial charge in [0.15, 0.2) is 0 Å². The Morgan fingerprint density at radius 3 is 2.53 bits per heavy atom. The molecule has 6 heteroatoms. The molecule has 0 aromatic heterocycles. The van der Waals surface area contributed by atoms with Gasteiger partial charge in [0.25, 0.3) is 0 Å². The number of hydrogen-bond acceptors (Lipinski definition) is 3. The van der Waals surface area contributed by atoms with Crippen molar-refractivity contribution in [3.05, 3.63) is 0 Å². The van der Waals surface area contributed by atoms with Crippen molar-refractivity contribution in [3.8, 4) is 0 Å². The van der Waals surface area contributed by atoms with Crippen LogP contribution in [-0.4, -0.2) is 51.3 Å². The van der Waals surface area contributed by atoms with Crippen molar-refractivity contribution in [3.63, 3.8) is 0 Å². The Hall–Kier alpha value is -1.30. The lowest BCUT2D eigenvalue weighted by molar-refractivity contribution is -0.143. The number of hydrogen-bond donors (Lipinski definition) is 3. The highest BCUT2D eigenvalue weighted by atomic mass is 16.4. The number of carbonyl (C=O) groups is 2. The monoisotopic (exact) mass is 268 g/mol. The van der Waals surface area contributed by atoms with E-state index in [1.165, 1.54) is 13.8 Å². The highest BCUT2D eigenvalue weighted by molar-refractivity contribution is 5.85. The number of nitrogens with zero attached hydrogens (tertiary/aromatic N) is 1. The van der Waals surface area contributed by atoms with Crippen LogP contribution in [0.15, 0.2) is 0 Å². The lowest BCUT2D eigenvalue weighted by Crippen LogP contribution is -2.56. The van der Waals surface area contributed by atoms with Gasteiger partial charge < -0.3 is 20.4 Å². The lowest BCUT2D eigenvalue weighted by atomic mass is 9.88. The fourth-order valence-corrected chi connectivity index (χ4v) is 4.04. The summed E-state index contributed by atoms with van der Waals surface area (Å²) in [4.78, 5) is 25.0. The van der Waals surface area contributed by atoms with Gasteiger partial charge in [-0.05, 0) is 44.4 Å². The molecule has 0 spiro atoms. The molecule has 1 saturated heterocycles. The van der Waals surface area contributed by atoms with Crippen LogP contribution in [0.4, 0.5) is 4.79 Å². The third kappa shape index (κ3) is 1.73. The van der Waals surface area contributed by atoms with Crippen molar-refractivity contribution in [1.82, 2.24) is 10.2 Å². The second-order valence-corrected chi connectivity index (χ2v) is 6.65. The molecular formula is C13H20N2O4. The van der Waals surface area contributed by atoms with Gasteiger partial charge in [-0.15, -0.1) is 0 Å². The SMILES string of the molecule is CC(C)(NC(=O)N1CC2CC3CC2C1C3O)C(=O)O. The van der Waals surface area contributed by atoms with E-state index in [1.807, 2.05) is 0 Å². The average Bonchev–Trinajstić information content (AvgIpc) is 2.87. The van der Waals surface area contributed by atoms with Gasteiger partial charge in [-0.1, -0.05) is 0 Å². The number of carboxylic acid groups (broad SMARTS) is 1. The Labute approximate surface area is 111 Å². The van der Waals surface area contributed by atoms with Crippen LogP contribution in [0.2, 0.25) is 0 Å². The molecule has 2 saturated carbocycles. The van der Waals surface area contributed by atoms with Crippen LogP contribution in [0.5, 0.6) is 0 Å². The van der Waals surface area contributed by atoms with Gasteiger partial charge >= 0.3 is 12.0 Å². The number of aliphatic hydroxyl groups excluding tert-OH is 1. The molecule has 3 fully saturated rings. The van der Waals surface area contributed by atoms with Crippen molar-refractivity contribution in [2.75, 3.05) is 6.54 Å². The second-order valence-electron chi connectivity index (χ2n) is 6.65. The number of urea groups is 1. The van der Waals surface area contributed by atoms with E-state index >= 15 is 0 Å². The summed E-state index contributed by atoms with van der Waals surface area (Å²) in [7, 11) is 0. The van der Waals surface area contributed by atoms with E-state index in [-0.39, 0.29) is 12.1 Å². The van der Waals surface area contributed by atoms with Gasteiger partial charge in [-0.2, -0.15) is 0 Å². The van der Waals surface area contributed by atoms with Crippen molar-refractivity contribution >= 4 is 12.0 Å². The summed E-state index contributed by atoms with van der Waals surface area (Å²) in [5, 5.41) is 21.8. The zero-order valence-electron chi connectivity index (χ0n) is 11.2. The van der Waals surface area contributed by atoms with Crippen molar-refractivity contribution in [1.29, 1.82) is 0 Å². The molecule has 3 aliphatic rings. The van der Waals surface area contributed by atoms with Gasteiger partial charge in [0.1, 0.15) is 5.54 Å². The number of aliphatic hydroxyl groups is 1. The fraction of sp³-hybridized carbons (Fsp3) is 0.846. The molecule has 3 rings (SSSR count). The predicted octanol–water partition coefficient (Wildman–Crippen LogP) is 0.260. The van der Waals surface area contributed by atoms with Crippen LogP contribution in [-0.2, 0) is 4.79 Å². The van der Waals surface area contributed by atoms with Crippen molar-refractivity contribution < 1.29 is 19.8 Å². The Kier molecular flexibility index (Phi) is 2.58. The molecule has 6 nitrogen and oxygen atoms in total. The first kappa shape index (κ1) is 12.7. The standard InChI is InChI=1S/C13H20N2O4/c1-13(2,11(17)18)14-12(19)15-5-7-3-6-4-8(7)9(15)10(6)16/h6-10,16H,3-5H2,1-2H3,(H,14,19)(H,17,18). The number of carboxylic acids is 1. The van der Waals surface area contributed by atoms with Crippen molar-refractivity contribution in [2.45, 2.75) is 44.4 Å². The molecule has 19 heavy (non-hydrogen) atoms. The van der Waals surface area contributed by atoms with Crippen LogP contribution >= 0.6 is 0 Å². The first-order valence-electron chi connectivity index (χ1n) is 6.81. The van der Waals surface area contributed by atoms with Gasteiger partial charge in [0.05, 0.1) is 12.1 Å². The van der Waals surface area contributed by atoms with E-state index in [2.05, 4.69) is 5.32 Å². The number of carbonyl (C=O) groups excluding carboxylic acids is 1. The molecule has 106 valence electrons. The normalized spacial score (nSPS) is 39.7. The average molecular weight is 268 g/mol. The number of likely N-dealkylation sites (tertiary alicyclic amines) is 1. The Bertz CT molecular complexity index is 434. The summed E-state index contributed by atoms with van der Waals surface area (Å²) < 4.78 is 0. The van der Waals surface area contributed by atoms with E-state index in [0.717, 1.165) is 12.8 Å². The largest absolute Gasteiger partial charge is 0.480 e. The second kappa shape index (κ2) is 3.85. The molecule has 2 aliphatic carbocycles. The molecule has 0 aromatic carbocycles. The Morgan fingerprint density at radius 2 is 1.95 bits per heavy atom. The fourth-order valence-electron chi connectivity index (χ4n) is 4.04. The molecule has 3 N–H and O–H groups in total. The highest BCUT2D eigenvalue weighted by Crippen LogP contribution is 2.54. The molecule has 5 unspecified atom stereocenters. The van der Waals surface area contributed by atoms with E-state index in [9.17, 15) is 14.7 Å². The third-order valence-corrected chi connectivity index (χ3v) is 5.06. The first-order chi connectivity index (χ1) is 8.81. The number of amides is 2. The van der Waals surface area contributed by atoms with Crippen LogP contribution in [0.25, 0.3) is 0 Å². The molecule has 0 radical (unpaired) electrons. The molecule has 1 aliphatic heterocycles. The summed E-state index contributed by atoms with van der Waals surface area (Å²) in [6.45, 7) is 3.57. The first-order valence-corrected chi connectivity index (χ1v) is 6.81. The van der Waals surface area contributed by atoms with Gasteiger partial charge in [-0.25, -0.2) is 9.59 Å². The van der Waals surface area contributed by atoms with Crippen LogP contribution < -0.4 is 5.32 Å². The summed E-state index contributed by atoms with van der Waals surface area (Å²) in [6, 6.07) is -0.486.